The molecule has 0 aromatic rings. The van der Waals surface area contributed by atoms with E-state index in [0.717, 1.165) is 11.2 Å². The SMILES string of the molecule is CC(C)(CCl)CCCBr. The van der Waals surface area contributed by atoms with Crippen LogP contribution in [0, 0.1) is 5.41 Å². The summed E-state index contributed by atoms with van der Waals surface area (Å²) in [6, 6.07) is 0. The van der Waals surface area contributed by atoms with Crippen molar-refractivity contribution < 1.29 is 0 Å². The lowest BCUT2D eigenvalue weighted by atomic mass is 9.91. The van der Waals surface area contributed by atoms with Crippen LogP contribution in [0.5, 0.6) is 0 Å². The second kappa shape index (κ2) is 4.56. The molecule has 2 heteroatoms. The van der Waals surface area contributed by atoms with Crippen LogP contribution in [-0.2, 0) is 0 Å². The highest BCUT2D eigenvalue weighted by Crippen LogP contribution is 2.23. The number of rotatable bonds is 4. The predicted octanol–water partition coefficient (Wildman–Crippen LogP) is 3.43. The summed E-state index contributed by atoms with van der Waals surface area (Å²) >= 11 is 9.10. The molecule has 0 aliphatic heterocycles. The highest BCUT2D eigenvalue weighted by Gasteiger charge is 2.14. The maximum atomic E-state index is 5.71. The Bertz CT molecular complexity index is 71.3. The van der Waals surface area contributed by atoms with Crippen molar-refractivity contribution in [2.75, 3.05) is 11.2 Å². The topological polar surface area (TPSA) is 0 Å². The molecule has 0 N–H and O–H groups in total. The first-order chi connectivity index (χ1) is 4.12. The second-order valence-corrected chi connectivity index (χ2v) is 4.15. The van der Waals surface area contributed by atoms with Crippen molar-refractivity contribution in [3.05, 3.63) is 0 Å². The summed E-state index contributed by atoms with van der Waals surface area (Å²) < 4.78 is 0. The molecule has 0 aromatic heterocycles. The van der Waals surface area contributed by atoms with Gasteiger partial charge in [-0.15, -0.1) is 11.6 Å². The Morgan fingerprint density at radius 3 is 2.33 bits per heavy atom. The molecule has 0 heterocycles. The van der Waals surface area contributed by atoms with Crippen LogP contribution >= 0.6 is 27.5 Å². The van der Waals surface area contributed by atoms with Crippen LogP contribution in [0.15, 0.2) is 0 Å². The van der Waals surface area contributed by atoms with E-state index in [9.17, 15) is 0 Å². The summed E-state index contributed by atoms with van der Waals surface area (Å²) in [4.78, 5) is 0. The average Bonchev–Trinajstić information content (AvgIpc) is 1.84. The molecule has 0 fully saturated rings. The van der Waals surface area contributed by atoms with E-state index in [1.54, 1.807) is 0 Å². The van der Waals surface area contributed by atoms with E-state index in [4.69, 9.17) is 11.6 Å². The Morgan fingerprint density at radius 2 is 2.00 bits per heavy atom. The molecule has 0 aromatic carbocycles. The van der Waals surface area contributed by atoms with E-state index >= 15 is 0 Å². The van der Waals surface area contributed by atoms with Gasteiger partial charge in [-0.3, -0.25) is 0 Å². The van der Waals surface area contributed by atoms with E-state index < -0.39 is 0 Å². The Labute approximate surface area is 71.1 Å². The van der Waals surface area contributed by atoms with Crippen LogP contribution in [-0.4, -0.2) is 11.2 Å². The normalized spacial score (nSPS) is 12.0. The molecule has 0 nitrogen and oxygen atoms in total. The van der Waals surface area contributed by atoms with Gasteiger partial charge in [-0.2, -0.15) is 0 Å². The largest absolute Gasteiger partial charge is 0.126 e. The Balaban J connectivity index is 3.33. The summed E-state index contributed by atoms with van der Waals surface area (Å²) in [5, 5.41) is 1.09. The molecule has 0 amide bonds. The van der Waals surface area contributed by atoms with Gasteiger partial charge in [-0.25, -0.2) is 0 Å². The highest BCUT2D eigenvalue weighted by atomic mass is 79.9. The first-order valence-electron chi connectivity index (χ1n) is 3.24. The van der Waals surface area contributed by atoms with Crippen molar-refractivity contribution in [2.24, 2.45) is 5.41 Å². The van der Waals surface area contributed by atoms with Gasteiger partial charge in [-0.05, 0) is 18.3 Å². The van der Waals surface area contributed by atoms with E-state index in [-0.39, 0.29) is 0 Å². The molecule has 0 unspecified atom stereocenters. The molecule has 0 atom stereocenters. The fourth-order valence-corrected chi connectivity index (χ4v) is 1.03. The van der Waals surface area contributed by atoms with Crippen molar-refractivity contribution in [3.8, 4) is 0 Å². The van der Waals surface area contributed by atoms with E-state index in [2.05, 4.69) is 29.8 Å². The van der Waals surface area contributed by atoms with Crippen molar-refractivity contribution in [3.63, 3.8) is 0 Å². The van der Waals surface area contributed by atoms with Gasteiger partial charge < -0.3 is 0 Å². The van der Waals surface area contributed by atoms with Crippen molar-refractivity contribution in [1.29, 1.82) is 0 Å². The molecule has 0 saturated heterocycles. The third-order valence-corrected chi connectivity index (χ3v) is 2.63. The Morgan fingerprint density at radius 1 is 1.44 bits per heavy atom. The first-order valence-corrected chi connectivity index (χ1v) is 4.90. The molecule has 0 saturated carbocycles. The third kappa shape index (κ3) is 5.23. The molecular weight excluding hydrogens is 199 g/mol. The summed E-state index contributed by atoms with van der Waals surface area (Å²) in [5.74, 6) is 0.764. The van der Waals surface area contributed by atoms with Crippen LogP contribution < -0.4 is 0 Å². The predicted molar refractivity (Wildman–Crippen MR) is 47.5 cm³/mol. The molecule has 0 radical (unpaired) electrons. The maximum Gasteiger partial charge on any atom is 0.0274 e. The zero-order valence-electron chi connectivity index (χ0n) is 6.08. The van der Waals surface area contributed by atoms with E-state index in [1.807, 2.05) is 0 Å². The third-order valence-electron chi connectivity index (χ3n) is 1.35. The zero-order valence-corrected chi connectivity index (χ0v) is 8.43. The van der Waals surface area contributed by atoms with E-state index in [0.29, 0.717) is 5.41 Å². The first kappa shape index (κ1) is 9.77. The molecule has 9 heavy (non-hydrogen) atoms. The number of halogens is 2. The fraction of sp³-hybridized carbons (Fsp3) is 1.00. The fourth-order valence-electron chi connectivity index (χ4n) is 0.612. The lowest BCUT2D eigenvalue weighted by molar-refractivity contribution is 0.381. The summed E-state index contributed by atoms with van der Waals surface area (Å²) in [5.41, 5.74) is 0.329. The quantitative estimate of drug-likeness (QED) is 0.628. The monoisotopic (exact) mass is 212 g/mol. The van der Waals surface area contributed by atoms with Gasteiger partial charge in [0.1, 0.15) is 0 Å². The van der Waals surface area contributed by atoms with Crippen LogP contribution in [0.25, 0.3) is 0 Å². The smallest absolute Gasteiger partial charge is 0.0274 e. The molecule has 0 rings (SSSR count). The molecule has 0 aliphatic carbocycles. The van der Waals surface area contributed by atoms with Gasteiger partial charge in [-0.1, -0.05) is 29.8 Å². The Hall–Kier alpha value is 0.770. The summed E-state index contributed by atoms with van der Waals surface area (Å²) in [7, 11) is 0. The summed E-state index contributed by atoms with van der Waals surface area (Å²) in [6.07, 6.45) is 2.43. The zero-order chi connectivity index (χ0) is 7.33. The number of hydrogen-bond acceptors (Lipinski definition) is 0. The van der Waals surface area contributed by atoms with E-state index in [1.165, 1.54) is 12.8 Å². The number of alkyl halides is 2. The van der Waals surface area contributed by atoms with Crippen LogP contribution in [0.1, 0.15) is 26.7 Å². The molecule has 56 valence electrons. The van der Waals surface area contributed by atoms with Crippen LogP contribution in [0.4, 0.5) is 0 Å². The lowest BCUT2D eigenvalue weighted by Gasteiger charge is -2.19. The highest BCUT2D eigenvalue weighted by molar-refractivity contribution is 9.09. The average molecular weight is 214 g/mol. The minimum atomic E-state index is 0.329. The van der Waals surface area contributed by atoms with Gasteiger partial charge in [0.15, 0.2) is 0 Å². The lowest BCUT2D eigenvalue weighted by Crippen LogP contribution is -2.12. The van der Waals surface area contributed by atoms with Gasteiger partial charge in [0.2, 0.25) is 0 Å². The second-order valence-electron chi connectivity index (χ2n) is 3.09. The number of hydrogen-bond donors (Lipinski definition) is 0. The molecular formula is C7H14BrCl. The van der Waals surface area contributed by atoms with Crippen molar-refractivity contribution in [1.82, 2.24) is 0 Å². The van der Waals surface area contributed by atoms with Gasteiger partial charge in [0, 0.05) is 11.2 Å². The summed E-state index contributed by atoms with van der Waals surface area (Å²) in [6.45, 7) is 4.39. The standard InChI is InChI=1S/C7H14BrCl/c1-7(2,6-9)4-3-5-8/h3-6H2,1-2H3. The van der Waals surface area contributed by atoms with Crippen molar-refractivity contribution in [2.45, 2.75) is 26.7 Å². The van der Waals surface area contributed by atoms with Crippen LogP contribution in [0.2, 0.25) is 0 Å². The van der Waals surface area contributed by atoms with Crippen LogP contribution in [0.3, 0.4) is 0 Å². The minimum Gasteiger partial charge on any atom is -0.126 e. The Kier molecular flexibility index (Phi) is 4.96. The van der Waals surface area contributed by atoms with Gasteiger partial charge in [0.05, 0.1) is 0 Å². The van der Waals surface area contributed by atoms with Gasteiger partial charge >= 0.3 is 0 Å². The minimum absolute atomic E-state index is 0.329. The molecule has 0 aliphatic rings. The molecule has 0 spiro atoms. The maximum absolute atomic E-state index is 5.71. The van der Waals surface area contributed by atoms with Crippen molar-refractivity contribution >= 4 is 27.5 Å². The molecule has 0 bridgehead atoms. The van der Waals surface area contributed by atoms with Gasteiger partial charge in [0.25, 0.3) is 0 Å².